The molecule has 0 aliphatic heterocycles. The highest BCUT2D eigenvalue weighted by Crippen LogP contribution is 2.19. The van der Waals surface area contributed by atoms with Crippen LogP contribution in [0.3, 0.4) is 0 Å². The van der Waals surface area contributed by atoms with Gasteiger partial charge in [0.05, 0.1) is 5.41 Å². The molecule has 0 aromatic rings. The van der Waals surface area contributed by atoms with E-state index in [0.717, 1.165) is 0 Å². The molecule has 0 aliphatic carbocycles. The van der Waals surface area contributed by atoms with Crippen LogP contribution in [0.15, 0.2) is 0 Å². The molecule has 0 fully saturated rings. The van der Waals surface area contributed by atoms with E-state index in [-0.39, 0.29) is 6.54 Å². The number of carboxylic acids is 1. The van der Waals surface area contributed by atoms with Gasteiger partial charge in [0.25, 0.3) is 0 Å². The first-order valence-electron chi connectivity index (χ1n) is 4.11. The van der Waals surface area contributed by atoms with Gasteiger partial charge in [-0.3, -0.25) is 9.59 Å². The molecule has 0 aliphatic rings. The second-order valence-electron chi connectivity index (χ2n) is 3.76. The van der Waals surface area contributed by atoms with Crippen molar-refractivity contribution in [3.05, 3.63) is 0 Å². The molecule has 0 saturated carbocycles. The van der Waals surface area contributed by atoms with E-state index in [2.05, 4.69) is 0 Å². The third-order valence-electron chi connectivity index (χ3n) is 1.67. The molecule has 0 radical (unpaired) electrons. The third-order valence-corrected chi connectivity index (χ3v) is 1.67. The van der Waals surface area contributed by atoms with Crippen molar-refractivity contribution >= 4 is 11.9 Å². The minimum absolute atomic E-state index is 0.336. The van der Waals surface area contributed by atoms with Gasteiger partial charge in [0.15, 0.2) is 0 Å². The molecule has 4 nitrogen and oxygen atoms in total. The lowest BCUT2D eigenvalue weighted by atomic mass is 9.94. The molecule has 0 atom stereocenters. The Bertz CT molecular complexity index is 260. The Kier molecular flexibility index (Phi) is 4.12. The van der Waals surface area contributed by atoms with Crippen LogP contribution in [0.25, 0.3) is 0 Å². The maximum absolute atomic E-state index is 11.7. The summed E-state index contributed by atoms with van der Waals surface area (Å²) < 4.78 is 35.1. The fourth-order valence-corrected chi connectivity index (χ4v) is 0.640. The maximum Gasteiger partial charge on any atom is 0.397 e. The molecular weight excluding hydrogens is 215 g/mol. The third kappa shape index (κ3) is 5.92. The summed E-state index contributed by atoms with van der Waals surface area (Å²) in [5, 5.41) is 10.5. The van der Waals surface area contributed by atoms with Gasteiger partial charge in [-0.1, -0.05) is 0 Å². The number of rotatable bonds is 4. The molecule has 88 valence electrons. The van der Waals surface area contributed by atoms with Crippen LogP contribution >= 0.6 is 0 Å². The van der Waals surface area contributed by atoms with Crippen molar-refractivity contribution in [3.63, 3.8) is 0 Å². The molecule has 1 amide bonds. The Hall–Kier alpha value is -1.27. The second-order valence-corrected chi connectivity index (χ2v) is 3.76. The SMILES string of the molecule is CC(C)(CNC(=O)CC(F)(F)F)C(=O)O. The van der Waals surface area contributed by atoms with E-state index < -0.39 is 29.9 Å². The summed E-state index contributed by atoms with van der Waals surface area (Å²) >= 11 is 0. The summed E-state index contributed by atoms with van der Waals surface area (Å²) in [6.45, 7) is 2.28. The number of aliphatic carboxylic acids is 1. The molecule has 0 unspecified atom stereocenters. The summed E-state index contributed by atoms with van der Waals surface area (Å²) in [4.78, 5) is 21.2. The number of hydrogen-bond acceptors (Lipinski definition) is 2. The van der Waals surface area contributed by atoms with Gasteiger partial charge in [0, 0.05) is 6.54 Å². The van der Waals surface area contributed by atoms with E-state index in [1.807, 2.05) is 5.32 Å². The van der Waals surface area contributed by atoms with Crippen molar-refractivity contribution in [1.29, 1.82) is 0 Å². The number of carboxylic acid groups (broad SMARTS) is 1. The number of carbonyl (C=O) groups excluding carboxylic acids is 1. The van der Waals surface area contributed by atoms with Crippen LogP contribution in [0.4, 0.5) is 13.2 Å². The zero-order valence-corrected chi connectivity index (χ0v) is 8.31. The Balaban J connectivity index is 4.07. The molecule has 0 rings (SSSR count). The molecule has 2 N–H and O–H groups in total. The zero-order valence-electron chi connectivity index (χ0n) is 8.31. The van der Waals surface area contributed by atoms with Crippen LogP contribution in [-0.4, -0.2) is 29.7 Å². The number of halogens is 3. The van der Waals surface area contributed by atoms with Crippen molar-refractivity contribution in [1.82, 2.24) is 5.32 Å². The average Bonchev–Trinajstić information content (AvgIpc) is 1.97. The van der Waals surface area contributed by atoms with Crippen LogP contribution in [0, 0.1) is 5.41 Å². The minimum atomic E-state index is -4.57. The molecule has 0 aromatic heterocycles. The second kappa shape index (κ2) is 4.50. The first kappa shape index (κ1) is 13.7. The number of carbonyl (C=O) groups is 2. The normalized spacial score (nSPS) is 12.3. The fraction of sp³-hybridized carbons (Fsp3) is 0.750. The van der Waals surface area contributed by atoms with Gasteiger partial charge >= 0.3 is 12.1 Å². The van der Waals surface area contributed by atoms with Crippen LogP contribution in [0.1, 0.15) is 20.3 Å². The average molecular weight is 227 g/mol. The van der Waals surface area contributed by atoms with Crippen molar-refractivity contribution in [3.8, 4) is 0 Å². The Morgan fingerprint density at radius 2 is 1.73 bits per heavy atom. The first-order valence-corrected chi connectivity index (χ1v) is 4.11. The van der Waals surface area contributed by atoms with E-state index in [0.29, 0.717) is 0 Å². The van der Waals surface area contributed by atoms with Crippen molar-refractivity contribution in [2.24, 2.45) is 5.41 Å². The summed E-state index contributed by atoms with van der Waals surface area (Å²) in [5.74, 6) is -2.41. The number of amides is 1. The minimum Gasteiger partial charge on any atom is -0.481 e. The smallest absolute Gasteiger partial charge is 0.397 e. The van der Waals surface area contributed by atoms with Crippen LogP contribution in [-0.2, 0) is 9.59 Å². The predicted molar refractivity (Wildman–Crippen MR) is 45.1 cm³/mol. The highest BCUT2D eigenvalue weighted by atomic mass is 19.4. The lowest BCUT2D eigenvalue weighted by Crippen LogP contribution is -2.40. The number of nitrogens with one attached hydrogen (secondary N) is 1. The number of hydrogen-bond donors (Lipinski definition) is 2. The number of alkyl halides is 3. The molecule has 0 bridgehead atoms. The Morgan fingerprint density at radius 3 is 2.07 bits per heavy atom. The quantitative estimate of drug-likeness (QED) is 0.757. The topological polar surface area (TPSA) is 66.4 Å². The largest absolute Gasteiger partial charge is 0.481 e. The zero-order chi connectivity index (χ0) is 12.3. The lowest BCUT2D eigenvalue weighted by Gasteiger charge is -2.19. The summed E-state index contributed by atoms with van der Waals surface area (Å²) in [5.41, 5.74) is -1.28. The van der Waals surface area contributed by atoms with Crippen LogP contribution in [0.2, 0.25) is 0 Å². The highest BCUT2D eigenvalue weighted by Gasteiger charge is 2.33. The van der Waals surface area contributed by atoms with Crippen molar-refractivity contribution in [2.45, 2.75) is 26.4 Å². The lowest BCUT2D eigenvalue weighted by molar-refractivity contribution is -0.154. The van der Waals surface area contributed by atoms with Gasteiger partial charge in [-0.25, -0.2) is 0 Å². The van der Waals surface area contributed by atoms with Gasteiger partial charge < -0.3 is 10.4 Å². The van der Waals surface area contributed by atoms with Gasteiger partial charge in [-0.15, -0.1) is 0 Å². The van der Waals surface area contributed by atoms with Gasteiger partial charge in [0.1, 0.15) is 6.42 Å². The van der Waals surface area contributed by atoms with Gasteiger partial charge in [0.2, 0.25) is 5.91 Å². The highest BCUT2D eigenvalue weighted by molar-refractivity contribution is 5.79. The summed E-state index contributed by atoms with van der Waals surface area (Å²) in [7, 11) is 0. The summed E-state index contributed by atoms with van der Waals surface area (Å²) in [6.07, 6.45) is -6.17. The van der Waals surface area contributed by atoms with E-state index in [9.17, 15) is 22.8 Å². The van der Waals surface area contributed by atoms with E-state index in [4.69, 9.17) is 5.11 Å². The fourth-order valence-electron chi connectivity index (χ4n) is 0.640. The van der Waals surface area contributed by atoms with E-state index in [1.165, 1.54) is 13.8 Å². The van der Waals surface area contributed by atoms with Crippen LogP contribution < -0.4 is 5.32 Å². The van der Waals surface area contributed by atoms with Gasteiger partial charge in [-0.05, 0) is 13.8 Å². The molecule has 15 heavy (non-hydrogen) atoms. The van der Waals surface area contributed by atoms with Crippen molar-refractivity contribution < 1.29 is 27.9 Å². The van der Waals surface area contributed by atoms with E-state index >= 15 is 0 Å². The monoisotopic (exact) mass is 227 g/mol. The van der Waals surface area contributed by atoms with Crippen LogP contribution in [0.5, 0.6) is 0 Å². The predicted octanol–water partition coefficient (Wildman–Crippen LogP) is 1.17. The molecule has 0 aromatic carbocycles. The molecule has 7 heteroatoms. The molecule has 0 saturated heterocycles. The maximum atomic E-state index is 11.7. The Morgan fingerprint density at radius 1 is 1.27 bits per heavy atom. The molecular formula is C8H12F3NO3. The van der Waals surface area contributed by atoms with Crippen molar-refractivity contribution in [2.75, 3.05) is 6.54 Å². The standard InChI is InChI=1S/C8H12F3NO3/c1-7(2,6(14)15)4-12-5(13)3-8(9,10)11/h3-4H2,1-2H3,(H,12,13)(H,14,15). The van der Waals surface area contributed by atoms with Gasteiger partial charge in [-0.2, -0.15) is 13.2 Å². The molecule has 0 heterocycles. The van der Waals surface area contributed by atoms with E-state index in [1.54, 1.807) is 0 Å². The Labute approximate surface area is 84.5 Å². The molecule has 0 spiro atoms. The first-order chi connectivity index (χ1) is 6.54. The summed E-state index contributed by atoms with van der Waals surface area (Å²) in [6, 6.07) is 0.